The molecule has 1 aliphatic heterocycles. The fourth-order valence-electron chi connectivity index (χ4n) is 3.82. The maximum absolute atomic E-state index is 12.7. The highest BCUT2D eigenvalue weighted by Crippen LogP contribution is 2.38. The number of aliphatic carboxylic acids is 1. The molecule has 3 atom stereocenters. The molecule has 1 fully saturated rings. The molecule has 8 heteroatoms. The van der Waals surface area contributed by atoms with Crippen molar-refractivity contribution in [3.05, 3.63) is 48.0 Å². The van der Waals surface area contributed by atoms with Crippen LogP contribution in [0.5, 0.6) is 11.5 Å². The Kier molecular flexibility index (Phi) is 6.84. The minimum atomic E-state index is -1.67. The lowest BCUT2D eigenvalue weighted by Gasteiger charge is -2.24. The molecule has 3 rings (SSSR count). The van der Waals surface area contributed by atoms with E-state index in [0.717, 1.165) is 11.1 Å². The Labute approximate surface area is 186 Å². The number of benzene rings is 2. The highest BCUT2D eigenvalue weighted by molar-refractivity contribution is 6.11. The second-order valence-electron chi connectivity index (χ2n) is 7.89. The molecule has 1 amide bonds. The molecule has 2 aromatic rings. The van der Waals surface area contributed by atoms with Crippen LogP contribution < -0.4 is 14.8 Å². The first-order chi connectivity index (χ1) is 15.2. The summed E-state index contributed by atoms with van der Waals surface area (Å²) in [4.78, 5) is 36.6. The molecule has 8 nitrogen and oxygen atoms in total. The molecule has 2 N–H and O–H groups in total. The summed E-state index contributed by atoms with van der Waals surface area (Å²) in [6.45, 7) is 3.08. The number of amides is 1. The average Bonchev–Trinajstić information content (AvgIpc) is 3.05. The Hall–Kier alpha value is -3.39. The molecule has 2 aromatic carbocycles. The van der Waals surface area contributed by atoms with Crippen molar-refractivity contribution in [2.45, 2.75) is 44.4 Å². The minimum Gasteiger partial charge on any atom is -0.496 e. The summed E-state index contributed by atoms with van der Waals surface area (Å²) in [5.74, 6) is -1.000. The summed E-state index contributed by atoms with van der Waals surface area (Å²) >= 11 is 0. The molecule has 0 saturated carbocycles. The van der Waals surface area contributed by atoms with Gasteiger partial charge in [0.1, 0.15) is 17.5 Å². The zero-order valence-electron chi connectivity index (χ0n) is 18.5. The van der Waals surface area contributed by atoms with Gasteiger partial charge < -0.3 is 24.6 Å². The van der Waals surface area contributed by atoms with Crippen molar-refractivity contribution in [3.8, 4) is 22.6 Å². The third-order valence-corrected chi connectivity index (χ3v) is 5.59. The number of hydrogen-bond acceptors (Lipinski definition) is 6. The molecule has 1 aliphatic rings. The highest BCUT2D eigenvalue weighted by Gasteiger charge is 2.49. The number of carbonyl (C=O) groups is 3. The molecular formula is C24H27NO7. The number of carbonyl (C=O) groups excluding carboxylic acids is 2. The molecule has 170 valence electrons. The minimum absolute atomic E-state index is 0.0459. The zero-order valence-corrected chi connectivity index (χ0v) is 18.5. The summed E-state index contributed by atoms with van der Waals surface area (Å²) in [7, 11) is 3.15. The number of carboxylic acid groups (broad SMARTS) is 1. The average molecular weight is 441 g/mol. The summed E-state index contributed by atoms with van der Waals surface area (Å²) in [6.07, 6.45) is -0.221. The van der Waals surface area contributed by atoms with Crippen molar-refractivity contribution in [2.24, 2.45) is 0 Å². The van der Waals surface area contributed by atoms with Gasteiger partial charge in [0, 0.05) is 12.8 Å². The van der Waals surface area contributed by atoms with Gasteiger partial charge in [0.2, 0.25) is 5.60 Å². The van der Waals surface area contributed by atoms with Crippen molar-refractivity contribution in [3.63, 3.8) is 0 Å². The smallest absolute Gasteiger partial charge is 0.326 e. The third kappa shape index (κ3) is 4.60. The first kappa shape index (κ1) is 23.3. The molecule has 0 spiro atoms. The van der Waals surface area contributed by atoms with E-state index >= 15 is 0 Å². The van der Waals surface area contributed by atoms with Crippen LogP contribution in [-0.4, -0.2) is 54.7 Å². The Morgan fingerprint density at radius 1 is 1.16 bits per heavy atom. The fourth-order valence-corrected chi connectivity index (χ4v) is 3.82. The van der Waals surface area contributed by atoms with E-state index in [1.807, 2.05) is 30.3 Å². The van der Waals surface area contributed by atoms with Crippen LogP contribution in [0.4, 0.5) is 0 Å². The topological polar surface area (TPSA) is 111 Å². The van der Waals surface area contributed by atoms with E-state index in [-0.39, 0.29) is 24.7 Å². The number of ketones is 1. The molecular weight excluding hydrogens is 414 g/mol. The maximum atomic E-state index is 12.7. The lowest BCUT2D eigenvalue weighted by Crippen LogP contribution is -2.54. The Balaban J connectivity index is 1.78. The van der Waals surface area contributed by atoms with Gasteiger partial charge in [-0.05, 0) is 37.1 Å². The van der Waals surface area contributed by atoms with Gasteiger partial charge in [-0.2, -0.15) is 0 Å². The number of methoxy groups -OCH3 is 2. The van der Waals surface area contributed by atoms with Gasteiger partial charge in [-0.1, -0.05) is 30.3 Å². The molecule has 0 aliphatic carbocycles. The van der Waals surface area contributed by atoms with Gasteiger partial charge in [0.05, 0.1) is 25.9 Å². The summed E-state index contributed by atoms with van der Waals surface area (Å²) < 4.78 is 16.4. The number of Topliss-reactive ketones (excluding diaryl/α,β-unsaturated/α-hetero) is 1. The van der Waals surface area contributed by atoms with Crippen LogP contribution in [0.3, 0.4) is 0 Å². The SMILES string of the molecule is COc1cccc(OC)c1-c1ccc(C[C@H](NC(=O)[C@]2(C)OC(C)CC2=O)C(=O)O)cc1. The standard InChI is InChI=1S/C24H27NO7/c1-14-12-20(26)24(2,32-14)23(29)25-17(22(27)28)13-15-8-10-16(11-9-15)21-18(30-3)6-5-7-19(21)31-4/h5-11,14,17H,12-13H2,1-4H3,(H,25,29)(H,27,28)/t14?,17-,24+/m0/s1. The van der Waals surface area contributed by atoms with Gasteiger partial charge in [-0.3, -0.25) is 9.59 Å². The fraction of sp³-hybridized carbons (Fsp3) is 0.375. The second-order valence-corrected chi connectivity index (χ2v) is 7.89. The van der Waals surface area contributed by atoms with Gasteiger partial charge in [0.15, 0.2) is 5.78 Å². The van der Waals surface area contributed by atoms with Crippen molar-refractivity contribution in [1.82, 2.24) is 5.32 Å². The molecule has 32 heavy (non-hydrogen) atoms. The first-order valence-corrected chi connectivity index (χ1v) is 10.2. The molecule has 0 radical (unpaired) electrons. The normalized spacial score (nSPS) is 21.1. The van der Waals surface area contributed by atoms with Gasteiger partial charge >= 0.3 is 5.97 Å². The Bertz CT molecular complexity index is 995. The number of ether oxygens (including phenoxy) is 3. The number of nitrogens with one attached hydrogen (secondary N) is 1. The molecule has 1 heterocycles. The van der Waals surface area contributed by atoms with E-state index in [1.165, 1.54) is 6.92 Å². The van der Waals surface area contributed by atoms with E-state index < -0.39 is 23.5 Å². The summed E-state index contributed by atoms with van der Waals surface area (Å²) in [5, 5.41) is 12.1. The van der Waals surface area contributed by atoms with Crippen LogP contribution in [0.25, 0.3) is 11.1 Å². The van der Waals surface area contributed by atoms with E-state index in [9.17, 15) is 19.5 Å². The van der Waals surface area contributed by atoms with Crippen LogP contribution >= 0.6 is 0 Å². The van der Waals surface area contributed by atoms with Crippen LogP contribution in [0.1, 0.15) is 25.8 Å². The predicted molar refractivity (Wildman–Crippen MR) is 117 cm³/mol. The quantitative estimate of drug-likeness (QED) is 0.606. The van der Waals surface area contributed by atoms with Gasteiger partial charge in [-0.15, -0.1) is 0 Å². The number of rotatable bonds is 8. The third-order valence-electron chi connectivity index (χ3n) is 5.59. The lowest BCUT2D eigenvalue weighted by molar-refractivity contribution is -0.154. The van der Waals surface area contributed by atoms with Crippen molar-refractivity contribution in [2.75, 3.05) is 14.2 Å². The highest BCUT2D eigenvalue weighted by atomic mass is 16.5. The first-order valence-electron chi connectivity index (χ1n) is 10.2. The molecule has 0 bridgehead atoms. The monoisotopic (exact) mass is 441 g/mol. The Morgan fingerprint density at radius 3 is 2.22 bits per heavy atom. The van der Waals surface area contributed by atoms with Gasteiger partial charge in [0.25, 0.3) is 5.91 Å². The van der Waals surface area contributed by atoms with Crippen molar-refractivity contribution >= 4 is 17.7 Å². The van der Waals surface area contributed by atoms with Gasteiger partial charge in [-0.25, -0.2) is 4.79 Å². The lowest BCUT2D eigenvalue weighted by atomic mass is 9.97. The molecule has 0 aromatic heterocycles. The summed E-state index contributed by atoms with van der Waals surface area (Å²) in [5.41, 5.74) is 0.654. The van der Waals surface area contributed by atoms with E-state index in [4.69, 9.17) is 14.2 Å². The summed E-state index contributed by atoms with van der Waals surface area (Å²) in [6, 6.07) is 11.5. The van der Waals surface area contributed by atoms with Crippen LogP contribution in [0, 0.1) is 0 Å². The largest absolute Gasteiger partial charge is 0.496 e. The number of carboxylic acids is 1. The van der Waals surface area contributed by atoms with Crippen LogP contribution in [0.15, 0.2) is 42.5 Å². The Morgan fingerprint density at radius 2 is 1.75 bits per heavy atom. The van der Waals surface area contributed by atoms with E-state index in [1.54, 1.807) is 33.3 Å². The van der Waals surface area contributed by atoms with Crippen LogP contribution in [0.2, 0.25) is 0 Å². The van der Waals surface area contributed by atoms with E-state index in [2.05, 4.69) is 5.32 Å². The van der Waals surface area contributed by atoms with E-state index in [0.29, 0.717) is 17.1 Å². The molecule has 1 saturated heterocycles. The van der Waals surface area contributed by atoms with Crippen molar-refractivity contribution in [1.29, 1.82) is 0 Å². The maximum Gasteiger partial charge on any atom is 0.326 e. The van der Waals surface area contributed by atoms with Crippen molar-refractivity contribution < 1.29 is 33.7 Å². The number of hydrogen-bond donors (Lipinski definition) is 2. The second kappa shape index (κ2) is 9.40. The molecule has 1 unspecified atom stereocenters. The zero-order chi connectivity index (χ0) is 23.5. The van der Waals surface area contributed by atoms with Crippen LogP contribution in [-0.2, 0) is 25.5 Å². The predicted octanol–water partition coefficient (Wildman–Crippen LogP) is 2.62.